The van der Waals surface area contributed by atoms with Crippen molar-refractivity contribution in [3.63, 3.8) is 0 Å². The highest BCUT2D eigenvalue weighted by atomic mass is 35.5. The fraction of sp³-hybridized carbons (Fsp3) is 0.250. The van der Waals surface area contributed by atoms with Gasteiger partial charge in [-0.1, -0.05) is 24.9 Å². The van der Waals surface area contributed by atoms with Crippen LogP contribution in [0.4, 0.5) is 0 Å². The van der Waals surface area contributed by atoms with Gasteiger partial charge in [0.2, 0.25) is 0 Å². The third-order valence-electron chi connectivity index (χ3n) is 3.75. The summed E-state index contributed by atoms with van der Waals surface area (Å²) in [6, 6.07) is 6.69. The number of aromatic nitrogens is 2. The highest BCUT2D eigenvalue weighted by Crippen LogP contribution is 2.21. The normalized spacial score (nSPS) is 11.4. The average Bonchev–Trinajstić information content (AvgIpc) is 2.93. The fourth-order valence-corrected chi connectivity index (χ4v) is 2.81. The summed E-state index contributed by atoms with van der Waals surface area (Å²) in [6.45, 7) is 2.65. The summed E-state index contributed by atoms with van der Waals surface area (Å²) in [6.07, 6.45) is 3.30. The van der Waals surface area contributed by atoms with E-state index >= 15 is 0 Å². The Bertz CT molecular complexity index is 940. The molecule has 0 amide bonds. The second-order valence-corrected chi connectivity index (χ2v) is 5.67. The first-order chi connectivity index (χ1) is 10.5. The summed E-state index contributed by atoms with van der Waals surface area (Å²) in [4.78, 5) is 23.9. The SMILES string of the molecule is CCCCn1c(=O)c2cc(C(=O)O)cn2c2cc(Cl)ccc21. The van der Waals surface area contributed by atoms with Crippen LogP contribution in [0, 0.1) is 0 Å². The van der Waals surface area contributed by atoms with Crippen LogP contribution in [0.1, 0.15) is 30.1 Å². The van der Waals surface area contributed by atoms with E-state index in [0.717, 1.165) is 23.9 Å². The number of hydrogen-bond donors (Lipinski definition) is 1. The number of benzene rings is 1. The lowest BCUT2D eigenvalue weighted by Gasteiger charge is -2.12. The Kier molecular flexibility index (Phi) is 3.66. The van der Waals surface area contributed by atoms with Gasteiger partial charge in [-0.2, -0.15) is 0 Å². The summed E-state index contributed by atoms with van der Waals surface area (Å²) < 4.78 is 3.30. The quantitative estimate of drug-likeness (QED) is 0.801. The van der Waals surface area contributed by atoms with Gasteiger partial charge in [0, 0.05) is 17.8 Å². The standard InChI is InChI=1S/C16H15ClN2O3/c1-2-3-6-18-12-5-4-11(17)8-13(12)19-9-10(16(21)22)7-14(19)15(18)20/h4-5,7-9H,2-3,6H2,1H3,(H,21,22). The molecule has 0 spiro atoms. The first-order valence-electron chi connectivity index (χ1n) is 7.10. The van der Waals surface area contributed by atoms with Crippen LogP contribution in [0.5, 0.6) is 0 Å². The minimum Gasteiger partial charge on any atom is -0.478 e. The topological polar surface area (TPSA) is 63.7 Å². The molecule has 0 atom stereocenters. The molecule has 0 aliphatic rings. The second kappa shape index (κ2) is 5.50. The summed E-state index contributed by atoms with van der Waals surface area (Å²) in [7, 11) is 0. The summed E-state index contributed by atoms with van der Waals surface area (Å²) in [5, 5.41) is 9.71. The van der Waals surface area contributed by atoms with Crippen molar-refractivity contribution in [3.05, 3.63) is 51.4 Å². The van der Waals surface area contributed by atoms with E-state index in [2.05, 4.69) is 6.92 Å². The van der Waals surface area contributed by atoms with E-state index in [9.17, 15) is 9.59 Å². The van der Waals surface area contributed by atoms with Crippen molar-refractivity contribution in [2.45, 2.75) is 26.3 Å². The van der Waals surface area contributed by atoms with Crippen molar-refractivity contribution in [1.82, 2.24) is 8.97 Å². The van der Waals surface area contributed by atoms with Crippen LogP contribution >= 0.6 is 11.6 Å². The molecule has 3 aromatic rings. The van der Waals surface area contributed by atoms with Gasteiger partial charge < -0.3 is 14.1 Å². The highest BCUT2D eigenvalue weighted by Gasteiger charge is 2.15. The minimum absolute atomic E-state index is 0.0895. The first-order valence-corrected chi connectivity index (χ1v) is 7.48. The largest absolute Gasteiger partial charge is 0.478 e. The summed E-state index contributed by atoms with van der Waals surface area (Å²) in [5.41, 5.74) is 1.74. The van der Waals surface area contributed by atoms with Crippen LogP contribution in [0.2, 0.25) is 5.02 Å². The molecule has 0 aliphatic carbocycles. The molecule has 1 aromatic carbocycles. The smallest absolute Gasteiger partial charge is 0.337 e. The van der Waals surface area contributed by atoms with Crippen molar-refractivity contribution < 1.29 is 9.90 Å². The van der Waals surface area contributed by atoms with E-state index in [1.807, 2.05) is 0 Å². The van der Waals surface area contributed by atoms with Gasteiger partial charge in [0.15, 0.2) is 0 Å². The van der Waals surface area contributed by atoms with Gasteiger partial charge in [-0.05, 0) is 30.7 Å². The molecule has 2 heterocycles. The maximum Gasteiger partial charge on any atom is 0.337 e. The Morgan fingerprint density at radius 3 is 2.68 bits per heavy atom. The molecule has 114 valence electrons. The zero-order chi connectivity index (χ0) is 15.9. The molecule has 0 radical (unpaired) electrons. The third kappa shape index (κ3) is 2.27. The number of carboxylic acids is 1. The zero-order valence-corrected chi connectivity index (χ0v) is 12.8. The number of aryl methyl sites for hydroxylation is 1. The van der Waals surface area contributed by atoms with Crippen LogP contribution in [0.25, 0.3) is 16.6 Å². The molecule has 22 heavy (non-hydrogen) atoms. The van der Waals surface area contributed by atoms with Crippen molar-refractivity contribution in [3.8, 4) is 0 Å². The molecule has 6 heteroatoms. The van der Waals surface area contributed by atoms with Crippen LogP contribution in [0.3, 0.4) is 0 Å². The zero-order valence-electron chi connectivity index (χ0n) is 12.0. The number of carboxylic acid groups (broad SMARTS) is 1. The van der Waals surface area contributed by atoms with Crippen molar-refractivity contribution in [2.24, 2.45) is 0 Å². The molecule has 0 saturated carbocycles. The lowest BCUT2D eigenvalue weighted by Crippen LogP contribution is -2.22. The van der Waals surface area contributed by atoms with E-state index in [0.29, 0.717) is 17.1 Å². The average molecular weight is 319 g/mol. The molecule has 0 bridgehead atoms. The molecule has 0 saturated heterocycles. The van der Waals surface area contributed by atoms with E-state index in [1.165, 1.54) is 12.3 Å². The lowest BCUT2D eigenvalue weighted by atomic mass is 10.2. The van der Waals surface area contributed by atoms with Gasteiger partial charge in [-0.15, -0.1) is 0 Å². The monoisotopic (exact) mass is 318 g/mol. The molecule has 2 aromatic heterocycles. The van der Waals surface area contributed by atoms with E-state index < -0.39 is 5.97 Å². The van der Waals surface area contributed by atoms with Gasteiger partial charge in [0.05, 0.1) is 16.6 Å². The molecule has 1 N–H and O–H groups in total. The van der Waals surface area contributed by atoms with E-state index in [1.54, 1.807) is 27.2 Å². The molecule has 5 nitrogen and oxygen atoms in total. The number of nitrogens with zero attached hydrogens (tertiary/aromatic N) is 2. The van der Waals surface area contributed by atoms with Gasteiger partial charge in [-0.3, -0.25) is 4.79 Å². The fourth-order valence-electron chi connectivity index (χ4n) is 2.65. The second-order valence-electron chi connectivity index (χ2n) is 5.23. The molecule has 0 unspecified atom stereocenters. The van der Waals surface area contributed by atoms with Crippen LogP contribution in [-0.4, -0.2) is 20.0 Å². The Hall–Kier alpha value is -2.27. The molecular weight excluding hydrogens is 304 g/mol. The number of fused-ring (bicyclic) bond motifs is 3. The highest BCUT2D eigenvalue weighted by molar-refractivity contribution is 6.31. The molecule has 0 fully saturated rings. The first kappa shape index (κ1) is 14.7. The number of carbonyl (C=O) groups is 1. The Labute approximate surface area is 131 Å². The predicted octanol–water partition coefficient (Wildman–Crippen LogP) is 3.41. The number of aromatic carboxylic acids is 1. The van der Waals surface area contributed by atoms with Crippen LogP contribution in [-0.2, 0) is 6.54 Å². The van der Waals surface area contributed by atoms with Gasteiger partial charge in [-0.25, -0.2) is 4.79 Å². The Morgan fingerprint density at radius 2 is 2.00 bits per heavy atom. The van der Waals surface area contributed by atoms with Gasteiger partial charge >= 0.3 is 5.97 Å². The van der Waals surface area contributed by atoms with Crippen LogP contribution < -0.4 is 5.56 Å². The molecule has 0 aliphatic heterocycles. The maximum absolute atomic E-state index is 12.7. The number of rotatable bonds is 4. The maximum atomic E-state index is 12.7. The number of unbranched alkanes of at least 4 members (excludes halogenated alkanes) is 1. The minimum atomic E-state index is -1.06. The predicted molar refractivity (Wildman–Crippen MR) is 86.0 cm³/mol. The van der Waals surface area contributed by atoms with Crippen LogP contribution in [0.15, 0.2) is 35.3 Å². The third-order valence-corrected chi connectivity index (χ3v) is 3.99. The number of halogens is 1. The van der Waals surface area contributed by atoms with Crippen molar-refractivity contribution in [2.75, 3.05) is 0 Å². The summed E-state index contributed by atoms with van der Waals surface area (Å²) >= 11 is 6.07. The number of hydrogen-bond acceptors (Lipinski definition) is 2. The molecular formula is C16H15ClN2O3. The van der Waals surface area contributed by atoms with Gasteiger partial charge in [0.25, 0.3) is 5.56 Å². The van der Waals surface area contributed by atoms with Crippen molar-refractivity contribution in [1.29, 1.82) is 0 Å². The van der Waals surface area contributed by atoms with E-state index in [4.69, 9.17) is 16.7 Å². The Morgan fingerprint density at radius 1 is 1.23 bits per heavy atom. The Balaban J connectivity index is 2.44. The lowest BCUT2D eigenvalue weighted by molar-refractivity contribution is 0.0697. The van der Waals surface area contributed by atoms with Crippen molar-refractivity contribution >= 4 is 34.1 Å². The summed E-state index contributed by atoms with van der Waals surface area (Å²) in [5.74, 6) is -1.06. The molecule has 3 rings (SSSR count). The van der Waals surface area contributed by atoms with Gasteiger partial charge in [0.1, 0.15) is 5.52 Å². The van der Waals surface area contributed by atoms with E-state index in [-0.39, 0.29) is 11.1 Å².